The van der Waals surface area contributed by atoms with Crippen LogP contribution in [0.15, 0.2) is 30.0 Å². The molecule has 1 atom stereocenters. The van der Waals surface area contributed by atoms with Crippen molar-refractivity contribution in [3.8, 4) is 0 Å². The van der Waals surface area contributed by atoms with Gasteiger partial charge in [-0.25, -0.2) is 4.98 Å². The maximum absolute atomic E-state index is 6.12. The normalized spacial score (nSPS) is 12.7. The fourth-order valence-corrected chi connectivity index (χ4v) is 2.34. The lowest BCUT2D eigenvalue weighted by Crippen LogP contribution is -2.13. The molecule has 2 heterocycles. The molecule has 0 spiro atoms. The molecule has 4 heteroatoms. The molecule has 2 rings (SSSR count). The molecular formula is C11H13N3S. The summed E-state index contributed by atoms with van der Waals surface area (Å²) in [5, 5.41) is 0. The van der Waals surface area contributed by atoms with Gasteiger partial charge >= 0.3 is 0 Å². The Hall–Kier alpha value is -1.26. The van der Waals surface area contributed by atoms with E-state index in [2.05, 4.69) is 9.97 Å². The summed E-state index contributed by atoms with van der Waals surface area (Å²) >= 11 is 1.63. The van der Waals surface area contributed by atoms with Crippen LogP contribution in [-0.2, 0) is 6.42 Å². The van der Waals surface area contributed by atoms with Crippen LogP contribution in [0.1, 0.15) is 22.2 Å². The lowest BCUT2D eigenvalue weighted by atomic mass is 10.1. The van der Waals surface area contributed by atoms with Gasteiger partial charge in [-0.2, -0.15) is 0 Å². The van der Waals surface area contributed by atoms with Crippen molar-refractivity contribution in [1.29, 1.82) is 0 Å². The lowest BCUT2D eigenvalue weighted by molar-refractivity contribution is 0.728. The second-order valence-electron chi connectivity index (χ2n) is 3.47. The maximum Gasteiger partial charge on any atom is 0.0798 e. The number of aromatic nitrogens is 2. The fourth-order valence-electron chi connectivity index (χ4n) is 1.53. The molecule has 15 heavy (non-hydrogen) atoms. The van der Waals surface area contributed by atoms with Gasteiger partial charge in [0.25, 0.3) is 0 Å². The van der Waals surface area contributed by atoms with Crippen molar-refractivity contribution < 1.29 is 0 Å². The fraction of sp³-hybridized carbons (Fsp3) is 0.273. The average molecular weight is 219 g/mol. The number of hydrogen-bond donors (Lipinski definition) is 1. The highest BCUT2D eigenvalue weighted by molar-refractivity contribution is 7.09. The van der Waals surface area contributed by atoms with E-state index in [9.17, 15) is 0 Å². The smallest absolute Gasteiger partial charge is 0.0798 e. The van der Waals surface area contributed by atoms with Crippen LogP contribution in [0, 0.1) is 6.92 Å². The van der Waals surface area contributed by atoms with Gasteiger partial charge in [-0.05, 0) is 31.0 Å². The van der Waals surface area contributed by atoms with Crippen molar-refractivity contribution in [3.63, 3.8) is 0 Å². The zero-order valence-electron chi connectivity index (χ0n) is 8.55. The Morgan fingerprint density at radius 1 is 1.40 bits per heavy atom. The first kappa shape index (κ1) is 10.3. The van der Waals surface area contributed by atoms with E-state index in [0.29, 0.717) is 0 Å². The predicted molar refractivity (Wildman–Crippen MR) is 61.7 cm³/mol. The van der Waals surface area contributed by atoms with Gasteiger partial charge in [0.2, 0.25) is 0 Å². The van der Waals surface area contributed by atoms with Gasteiger partial charge in [0.15, 0.2) is 0 Å². The molecule has 2 N–H and O–H groups in total. The average Bonchev–Trinajstić information content (AvgIpc) is 2.66. The van der Waals surface area contributed by atoms with E-state index in [1.165, 1.54) is 10.4 Å². The molecule has 1 unspecified atom stereocenters. The molecule has 0 aliphatic rings. The van der Waals surface area contributed by atoms with Crippen molar-refractivity contribution in [2.24, 2.45) is 5.73 Å². The number of rotatable bonds is 3. The molecule has 78 valence electrons. The van der Waals surface area contributed by atoms with Crippen LogP contribution >= 0.6 is 11.3 Å². The van der Waals surface area contributed by atoms with Crippen molar-refractivity contribution >= 4 is 11.3 Å². The summed E-state index contributed by atoms with van der Waals surface area (Å²) in [7, 11) is 0. The van der Waals surface area contributed by atoms with E-state index in [1.54, 1.807) is 23.7 Å². The third kappa shape index (κ3) is 2.40. The van der Waals surface area contributed by atoms with Gasteiger partial charge in [0, 0.05) is 23.3 Å². The maximum atomic E-state index is 6.12. The highest BCUT2D eigenvalue weighted by Crippen LogP contribution is 2.22. The molecule has 2 aromatic rings. The number of nitrogens with zero attached hydrogens (tertiary/aromatic N) is 2. The largest absolute Gasteiger partial charge is 0.323 e. The first-order valence-corrected chi connectivity index (χ1v) is 5.70. The SMILES string of the molecule is Cc1ncsc1C(N)Cc1ccncc1. The number of aryl methyl sites for hydroxylation is 1. The predicted octanol–water partition coefficient (Wildman–Crippen LogP) is 2.09. The molecule has 3 nitrogen and oxygen atoms in total. The van der Waals surface area contributed by atoms with Crippen LogP contribution < -0.4 is 5.73 Å². The Kier molecular flexibility index (Phi) is 3.08. The zero-order valence-corrected chi connectivity index (χ0v) is 9.37. The molecule has 0 radical (unpaired) electrons. The summed E-state index contributed by atoms with van der Waals surface area (Å²) in [6.07, 6.45) is 4.43. The quantitative estimate of drug-likeness (QED) is 0.860. The number of hydrogen-bond acceptors (Lipinski definition) is 4. The summed E-state index contributed by atoms with van der Waals surface area (Å²) in [4.78, 5) is 9.36. The van der Waals surface area contributed by atoms with E-state index < -0.39 is 0 Å². The van der Waals surface area contributed by atoms with Gasteiger partial charge in [-0.3, -0.25) is 4.98 Å². The zero-order chi connectivity index (χ0) is 10.7. The Morgan fingerprint density at radius 3 is 2.73 bits per heavy atom. The van der Waals surface area contributed by atoms with Crippen LogP contribution in [0.5, 0.6) is 0 Å². The second-order valence-corrected chi connectivity index (χ2v) is 4.35. The minimum Gasteiger partial charge on any atom is -0.323 e. The van der Waals surface area contributed by atoms with Crippen LogP contribution in [-0.4, -0.2) is 9.97 Å². The van der Waals surface area contributed by atoms with Gasteiger partial charge in [-0.15, -0.1) is 11.3 Å². The molecule has 0 amide bonds. The van der Waals surface area contributed by atoms with Crippen LogP contribution in [0.4, 0.5) is 0 Å². The van der Waals surface area contributed by atoms with Gasteiger partial charge in [0.05, 0.1) is 11.2 Å². The van der Waals surface area contributed by atoms with Crippen LogP contribution in [0.25, 0.3) is 0 Å². The minimum atomic E-state index is 0.0416. The summed E-state index contributed by atoms with van der Waals surface area (Å²) in [6.45, 7) is 2.00. The lowest BCUT2D eigenvalue weighted by Gasteiger charge is -2.09. The molecule has 0 aromatic carbocycles. The van der Waals surface area contributed by atoms with Gasteiger partial charge < -0.3 is 5.73 Å². The standard InChI is InChI=1S/C11H13N3S/c1-8-11(15-7-14-8)10(12)6-9-2-4-13-5-3-9/h2-5,7,10H,6,12H2,1H3. The number of nitrogens with two attached hydrogens (primary N) is 1. The Bertz CT molecular complexity index is 424. The molecule has 2 aromatic heterocycles. The molecule has 0 aliphatic heterocycles. The van der Waals surface area contributed by atoms with Crippen molar-refractivity contribution in [2.75, 3.05) is 0 Å². The summed E-state index contributed by atoms with van der Waals surface area (Å²) in [6, 6.07) is 4.03. The van der Waals surface area contributed by atoms with Gasteiger partial charge in [0.1, 0.15) is 0 Å². The third-order valence-corrected chi connectivity index (χ3v) is 3.39. The summed E-state index contributed by atoms with van der Waals surface area (Å²) < 4.78 is 0. The Balaban J connectivity index is 2.11. The molecule has 0 aliphatic carbocycles. The molecule has 0 fully saturated rings. The number of pyridine rings is 1. The first-order valence-electron chi connectivity index (χ1n) is 4.82. The topological polar surface area (TPSA) is 51.8 Å². The molecule has 0 bridgehead atoms. The van der Waals surface area contributed by atoms with Crippen LogP contribution in [0.2, 0.25) is 0 Å². The third-order valence-electron chi connectivity index (χ3n) is 2.32. The second kappa shape index (κ2) is 4.51. The van der Waals surface area contributed by atoms with E-state index in [-0.39, 0.29) is 6.04 Å². The van der Waals surface area contributed by atoms with Gasteiger partial charge in [-0.1, -0.05) is 0 Å². The van der Waals surface area contributed by atoms with E-state index in [4.69, 9.17) is 5.73 Å². The monoisotopic (exact) mass is 219 g/mol. The van der Waals surface area contributed by atoms with Crippen molar-refractivity contribution in [2.45, 2.75) is 19.4 Å². The molecule has 0 saturated carbocycles. The van der Waals surface area contributed by atoms with E-state index in [1.807, 2.05) is 24.6 Å². The summed E-state index contributed by atoms with van der Waals surface area (Å²) in [5.74, 6) is 0. The summed E-state index contributed by atoms with van der Waals surface area (Å²) in [5.41, 5.74) is 10.2. The highest BCUT2D eigenvalue weighted by atomic mass is 32.1. The molecular weight excluding hydrogens is 206 g/mol. The molecule has 0 saturated heterocycles. The minimum absolute atomic E-state index is 0.0416. The number of thiazole rings is 1. The highest BCUT2D eigenvalue weighted by Gasteiger charge is 2.11. The van der Waals surface area contributed by atoms with Crippen molar-refractivity contribution in [3.05, 3.63) is 46.2 Å². The Morgan fingerprint density at radius 2 is 2.13 bits per heavy atom. The van der Waals surface area contributed by atoms with Crippen molar-refractivity contribution in [1.82, 2.24) is 9.97 Å². The Labute approximate surface area is 93.0 Å². The van der Waals surface area contributed by atoms with E-state index in [0.717, 1.165) is 12.1 Å². The van der Waals surface area contributed by atoms with Crippen LogP contribution in [0.3, 0.4) is 0 Å². The van der Waals surface area contributed by atoms with E-state index >= 15 is 0 Å². The first-order chi connectivity index (χ1) is 7.27.